The van der Waals surface area contributed by atoms with Gasteiger partial charge >= 0.3 is 0 Å². The summed E-state index contributed by atoms with van der Waals surface area (Å²) in [6.45, 7) is 10.7. The number of aromatic amines is 1. The van der Waals surface area contributed by atoms with Gasteiger partial charge in [-0.25, -0.2) is 18.4 Å². The van der Waals surface area contributed by atoms with Crippen LogP contribution < -0.4 is 10.3 Å². The molecule has 0 bridgehead atoms. The van der Waals surface area contributed by atoms with Crippen molar-refractivity contribution in [2.24, 2.45) is 0 Å². The number of ether oxygens (including phenoxy) is 1. The van der Waals surface area contributed by atoms with Crippen LogP contribution in [0.2, 0.25) is 0 Å². The number of amides is 1. The van der Waals surface area contributed by atoms with Crippen molar-refractivity contribution in [3.63, 3.8) is 0 Å². The number of aromatic nitrogens is 5. The van der Waals surface area contributed by atoms with E-state index in [0.29, 0.717) is 52.4 Å². The molecule has 39 heavy (non-hydrogen) atoms. The maximum absolute atomic E-state index is 13.5. The largest absolute Gasteiger partial charge is 0.477 e. The van der Waals surface area contributed by atoms with Gasteiger partial charge in [0.25, 0.3) is 11.5 Å². The van der Waals surface area contributed by atoms with E-state index in [0.717, 1.165) is 19.4 Å². The molecule has 5 heterocycles. The molecule has 1 fully saturated rings. The van der Waals surface area contributed by atoms with E-state index in [2.05, 4.69) is 25.0 Å². The number of carbonyl (C=O) groups is 1. The molecule has 5 rings (SSSR count). The lowest BCUT2D eigenvalue weighted by Gasteiger charge is -2.33. The predicted molar refractivity (Wildman–Crippen MR) is 144 cm³/mol. The van der Waals surface area contributed by atoms with Crippen LogP contribution in [-0.4, -0.2) is 106 Å². The van der Waals surface area contributed by atoms with E-state index in [4.69, 9.17) is 4.74 Å². The maximum atomic E-state index is 13.5. The van der Waals surface area contributed by atoms with Crippen LogP contribution in [0.1, 0.15) is 44.1 Å². The summed E-state index contributed by atoms with van der Waals surface area (Å²) < 4.78 is 36.0. The van der Waals surface area contributed by atoms with Gasteiger partial charge < -0.3 is 19.5 Å². The molecular weight excluding hydrogens is 524 g/mol. The number of piperazine rings is 1. The molecular formula is C25H34N8O5S. The Labute approximate surface area is 226 Å². The topological polar surface area (TPSA) is 147 Å². The first-order valence-corrected chi connectivity index (χ1v) is 14.9. The van der Waals surface area contributed by atoms with Crippen LogP contribution in [0, 0.1) is 0 Å². The van der Waals surface area contributed by atoms with E-state index < -0.39 is 15.6 Å². The number of carbonyl (C=O) groups excluding carboxylic acids is 1. The van der Waals surface area contributed by atoms with Crippen LogP contribution in [0.3, 0.4) is 0 Å². The minimum absolute atomic E-state index is 0.0155. The monoisotopic (exact) mass is 558 g/mol. The summed E-state index contributed by atoms with van der Waals surface area (Å²) in [5.41, 5.74) is 0.161. The second kappa shape index (κ2) is 11.0. The molecule has 0 atom stereocenters. The molecule has 1 N–H and O–H groups in total. The summed E-state index contributed by atoms with van der Waals surface area (Å²) in [6.07, 6.45) is 2.95. The Balaban J connectivity index is 1.61. The van der Waals surface area contributed by atoms with Crippen molar-refractivity contribution >= 4 is 27.0 Å². The summed E-state index contributed by atoms with van der Waals surface area (Å²) in [4.78, 5) is 41.8. The van der Waals surface area contributed by atoms with Crippen molar-refractivity contribution in [3.8, 4) is 17.3 Å². The molecule has 1 amide bonds. The highest BCUT2D eigenvalue weighted by Crippen LogP contribution is 2.31. The van der Waals surface area contributed by atoms with E-state index in [1.165, 1.54) is 21.3 Å². The molecule has 2 aliphatic rings. The minimum Gasteiger partial charge on any atom is -0.477 e. The van der Waals surface area contributed by atoms with E-state index in [1.54, 1.807) is 4.90 Å². The highest BCUT2D eigenvalue weighted by molar-refractivity contribution is 7.89. The molecule has 14 heteroatoms. The lowest BCUT2D eigenvalue weighted by Crippen LogP contribution is -2.48. The van der Waals surface area contributed by atoms with Gasteiger partial charge in [0.05, 0.1) is 24.9 Å². The van der Waals surface area contributed by atoms with E-state index in [-0.39, 0.29) is 44.8 Å². The summed E-state index contributed by atoms with van der Waals surface area (Å²) in [7, 11) is -3.85. The van der Waals surface area contributed by atoms with Crippen molar-refractivity contribution < 1.29 is 17.9 Å². The van der Waals surface area contributed by atoms with Crippen molar-refractivity contribution in [2.45, 2.75) is 45.1 Å². The molecule has 3 aromatic heterocycles. The van der Waals surface area contributed by atoms with Crippen molar-refractivity contribution in [2.75, 3.05) is 52.4 Å². The molecule has 210 valence electrons. The van der Waals surface area contributed by atoms with Gasteiger partial charge in [0.2, 0.25) is 15.9 Å². The fourth-order valence-electron chi connectivity index (χ4n) is 4.89. The normalized spacial score (nSPS) is 17.1. The Morgan fingerprint density at radius 1 is 1.00 bits per heavy atom. The second-order valence-corrected chi connectivity index (χ2v) is 11.6. The van der Waals surface area contributed by atoms with Gasteiger partial charge in [0.15, 0.2) is 11.2 Å². The van der Waals surface area contributed by atoms with Crippen molar-refractivity contribution in [1.29, 1.82) is 0 Å². The quantitative estimate of drug-likeness (QED) is 0.382. The molecule has 2 aliphatic heterocycles. The third-order valence-electron chi connectivity index (χ3n) is 7.29. The molecule has 0 aromatic carbocycles. The molecule has 0 saturated carbocycles. The smallest absolute Gasteiger partial charge is 0.279 e. The van der Waals surface area contributed by atoms with Gasteiger partial charge in [-0.15, -0.1) is 0 Å². The summed E-state index contributed by atoms with van der Waals surface area (Å²) in [5, 5.41) is 4.33. The van der Waals surface area contributed by atoms with Crippen LogP contribution in [0.5, 0.6) is 5.88 Å². The molecule has 0 spiro atoms. The zero-order valence-corrected chi connectivity index (χ0v) is 23.3. The maximum Gasteiger partial charge on any atom is 0.279 e. The molecule has 0 aliphatic carbocycles. The van der Waals surface area contributed by atoms with Crippen LogP contribution in [-0.2, 0) is 16.6 Å². The van der Waals surface area contributed by atoms with Crippen molar-refractivity contribution in [3.05, 3.63) is 28.3 Å². The van der Waals surface area contributed by atoms with Gasteiger partial charge in [-0.1, -0.05) is 20.3 Å². The van der Waals surface area contributed by atoms with Gasteiger partial charge in [-0.3, -0.25) is 14.3 Å². The Hall–Kier alpha value is -3.36. The van der Waals surface area contributed by atoms with Crippen molar-refractivity contribution in [1.82, 2.24) is 38.8 Å². The van der Waals surface area contributed by atoms with Crippen LogP contribution in [0.25, 0.3) is 22.4 Å². The number of rotatable bonds is 9. The highest BCUT2D eigenvalue weighted by atomic mass is 32.2. The Morgan fingerprint density at radius 2 is 1.77 bits per heavy atom. The second-order valence-electron chi connectivity index (χ2n) is 9.63. The third-order valence-corrected chi connectivity index (χ3v) is 9.15. The predicted octanol–water partition coefficient (Wildman–Crippen LogP) is 1.16. The van der Waals surface area contributed by atoms with E-state index >= 15 is 0 Å². The Morgan fingerprint density at radius 3 is 2.46 bits per heavy atom. The zero-order chi connectivity index (χ0) is 27.7. The lowest BCUT2D eigenvalue weighted by molar-refractivity contribution is 0.0710. The summed E-state index contributed by atoms with van der Waals surface area (Å²) in [6, 6.07) is 1.44. The zero-order valence-electron chi connectivity index (χ0n) is 22.5. The molecule has 13 nitrogen and oxygen atoms in total. The van der Waals surface area contributed by atoms with E-state index in [9.17, 15) is 18.0 Å². The van der Waals surface area contributed by atoms with Gasteiger partial charge in [0.1, 0.15) is 16.2 Å². The molecule has 1 saturated heterocycles. The number of unbranched alkanes of at least 4 members (excludes halogenated alkanes) is 1. The number of sulfonamides is 1. The number of fused-ring (bicyclic) bond motifs is 3. The first-order valence-electron chi connectivity index (χ1n) is 13.4. The number of likely N-dealkylation sites (N-methyl/N-ethyl adjacent to an activating group) is 2. The number of nitrogens with one attached hydrogen (secondary N) is 1. The first-order chi connectivity index (χ1) is 18.8. The fourth-order valence-corrected chi connectivity index (χ4v) is 6.29. The number of hydrogen-bond acceptors (Lipinski definition) is 9. The number of hydrogen-bond donors (Lipinski definition) is 1. The minimum atomic E-state index is -3.85. The van der Waals surface area contributed by atoms with E-state index in [1.807, 2.05) is 20.8 Å². The lowest BCUT2D eigenvalue weighted by atomic mass is 10.2. The Kier molecular flexibility index (Phi) is 7.69. The van der Waals surface area contributed by atoms with Crippen LogP contribution >= 0.6 is 0 Å². The molecule has 0 unspecified atom stereocenters. The molecule has 3 aromatic rings. The number of H-pyrrole nitrogens is 1. The number of pyridine rings is 1. The van der Waals surface area contributed by atoms with Gasteiger partial charge in [0, 0.05) is 39.3 Å². The number of nitrogens with zero attached hydrogens (tertiary/aromatic N) is 7. The van der Waals surface area contributed by atoms with Gasteiger partial charge in [-0.2, -0.15) is 9.40 Å². The summed E-state index contributed by atoms with van der Waals surface area (Å²) >= 11 is 0. The average molecular weight is 559 g/mol. The van der Waals surface area contributed by atoms with Gasteiger partial charge in [-0.05, 0) is 26.0 Å². The third kappa shape index (κ3) is 5.03. The highest BCUT2D eigenvalue weighted by Gasteiger charge is 2.32. The van der Waals surface area contributed by atoms with Crippen LogP contribution in [0.4, 0.5) is 0 Å². The standard InChI is InChI=1S/C25H34N8O5S/c1-4-7-14-38-24-18(15-17(16-26-24)39(36,37)32-11-8-30(5-2)9-12-32)22-27-19-20(23(34)28-22)29-33-13-10-31(6-3)25(35)21(19)33/h15-16H,4-14H2,1-3H3,(H,27,28,34). The van der Waals surface area contributed by atoms with Crippen LogP contribution in [0.15, 0.2) is 22.0 Å². The SMILES string of the molecule is CCCCOc1ncc(S(=O)(=O)N2CCN(CC)CC2)cc1-c1nc2c3n(nc2c(=O)[nH]1)CCN(CC)C3=O. The fraction of sp³-hybridized carbons (Fsp3) is 0.560. The Bertz CT molecular complexity index is 1540. The first kappa shape index (κ1) is 27.2. The molecule has 0 radical (unpaired) electrons. The average Bonchev–Trinajstić information content (AvgIpc) is 3.33. The summed E-state index contributed by atoms with van der Waals surface area (Å²) in [5.74, 6) is -0.0322.